The Balaban J connectivity index is 3.65. The molecule has 7 nitrogen and oxygen atoms in total. The Morgan fingerprint density at radius 2 is 1.05 bits per heavy atom. The molecule has 2 atom stereocenters. The topological polar surface area (TPSA) is 144 Å². The van der Waals surface area contributed by atoms with Crippen LogP contribution in [-0.2, 0) is 14.4 Å². The van der Waals surface area contributed by atoms with E-state index in [1.54, 1.807) is 0 Å². The summed E-state index contributed by atoms with van der Waals surface area (Å²) < 4.78 is 0. The van der Waals surface area contributed by atoms with Gasteiger partial charge in [-0.05, 0) is 6.42 Å². The zero-order valence-electron chi connectivity index (χ0n) is 23.2. The molecule has 0 saturated carbocycles. The molecule has 0 spiro atoms. The quantitative estimate of drug-likeness (QED) is 0.0452. The van der Waals surface area contributed by atoms with Crippen LogP contribution in [0.3, 0.4) is 0 Å². The van der Waals surface area contributed by atoms with Gasteiger partial charge in [0.05, 0.1) is 0 Å². The number of aliphatic carboxylic acids is 2. The van der Waals surface area contributed by atoms with Crippen molar-refractivity contribution in [1.82, 2.24) is 0 Å². The molecule has 0 amide bonds. The molecule has 0 aromatic carbocycles. The van der Waals surface area contributed by atoms with Crippen molar-refractivity contribution in [1.29, 1.82) is 0 Å². The predicted molar refractivity (Wildman–Crippen MR) is 158 cm³/mol. The minimum atomic E-state index is -1.95. The number of hydrogen-bond donors (Lipinski definition) is 4. The molecule has 0 unspecified atom stereocenters. The summed E-state index contributed by atoms with van der Waals surface area (Å²) >= 11 is 0. The summed E-state index contributed by atoms with van der Waals surface area (Å²) in [4.78, 5) is 34.8. The first-order valence-electron chi connectivity index (χ1n) is 14.5. The number of nitrogens with two attached hydrogens (primary N) is 2. The van der Waals surface area contributed by atoms with Gasteiger partial charge in [-0.25, -0.2) is 4.79 Å². The van der Waals surface area contributed by atoms with Crippen LogP contribution in [0.5, 0.6) is 0 Å². The van der Waals surface area contributed by atoms with Gasteiger partial charge in [0, 0.05) is 17.9 Å². The standard InChI is InChI=1S/C28H54N2O5S2/c1-2-3-4-5-6-7-8-9-10-11-12-13-14-15-16-17-18-19-20-21-25(31)28(30,27(34)35)23-37-36-22-24(29)26(32)33/h24H,2-23,29-30H2,1H3,(H,32,33)(H,34,35)/t24-,28+/m0/s1. The second kappa shape index (κ2) is 24.3. The van der Waals surface area contributed by atoms with Crippen molar-refractivity contribution in [3.05, 3.63) is 0 Å². The fourth-order valence-corrected chi connectivity index (χ4v) is 6.65. The number of carboxylic acid groups (broad SMARTS) is 2. The lowest BCUT2D eigenvalue weighted by Gasteiger charge is -2.22. The summed E-state index contributed by atoms with van der Waals surface area (Å²) in [7, 11) is 2.19. The molecule has 6 N–H and O–H groups in total. The SMILES string of the molecule is CCCCCCCCCCCCCCCCCCCCCC(=O)[C@](N)(CSSC[C@H](N)C(=O)O)C(=O)O. The zero-order valence-corrected chi connectivity index (χ0v) is 24.9. The lowest BCUT2D eigenvalue weighted by molar-refractivity contribution is -0.147. The second-order valence-electron chi connectivity index (χ2n) is 10.3. The molecule has 0 aliphatic rings. The normalized spacial score (nSPS) is 13.8. The van der Waals surface area contributed by atoms with E-state index in [4.69, 9.17) is 16.6 Å². The molecule has 0 bridgehead atoms. The number of Topliss-reactive ketones (excluding diaryl/α,β-unsaturated/α-hetero) is 1. The van der Waals surface area contributed by atoms with Crippen LogP contribution in [0, 0.1) is 0 Å². The fraction of sp³-hybridized carbons (Fsp3) is 0.893. The highest BCUT2D eigenvalue weighted by Crippen LogP contribution is 2.27. The number of ketones is 1. The Hall–Kier alpha value is -0.770. The Morgan fingerprint density at radius 1 is 0.676 bits per heavy atom. The van der Waals surface area contributed by atoms with Crippen molar-refractivity contribution in [2.24, 2.45) is 11.5 Å². The number of carbonyl (C=O) groups excluding carboxylic acids is 1. The molecule has 0 aliphatic heterocycles. The van der Waals surface area contributed by atoms with Crippen molar-refractivity contribution < 1.29 is 24.6 Å². The minimum Gasteiger partial charge on any atom is -0.480 e. The summed E-state index contributed by atoms with van der Waals surface area (Å²) in [6, 6.07) is -1.03. The van der Waals surface area contributed by atoms with E-state index in [2.05, 4.69) is 6.92 Å². The first kappa shape index (κ1) is 36.2. The van der Waals surface area contributed by atoms with Crippen LogP contribution in [0.25, 0.3) is 0 Å². The molecule has 0 rings (SSSR count). The highest BCUT2D eigenvalue weighted by atomic mass is 33.1. The molecule has 218 valence electrons. The van der Waals surface area contributed by atoms with Crippen LogP contribution < -0.4 is 11.5 Å². The molecule has 0 saturated heterocycles. The average molecular weight is 563 g/mol. The number of carboxylic acids is 2. The van der Waals surface area contributed by atoms with E-state index in [1.807, 2.05) is 0 Å². The van der Waals surface area contributed by atoms with Gasteiger partial charge in [0.2, 0.25) is 0 Å². The summed E-state index contributed by atoms with van der Waals surface area (Å²) in [5, 5.41) is 18.3. The summed E-state index contributed by atoms with van der Waals surface area (Å²) in [6.07, 6.45) is 24.3. The highest BCUT2D eigenvalue weighted by molar-refractivity contribution is 8.76. The minimum absolute atomic E-state index is 0.114. The van der Waals surface area contributed by atoms with E-state index < -0.39 is 29.3 Å². The van der Waals surface area contributed by atoms with E-state index >= 15 is 0 Å². The number of carbonyl (C=O) groups is 3. The van der Waals surface area contributed by atoms with Gasteiger partial charge in [-0.15, -0.1) is 0 Å². The smallest absolute Gasteiger partial charge is 0.332 e. The maximum Gasteiger partial charge on any atom is 0.332 e. The Labute approximate surface area is 233 Å². The van der Waals surface area contributed by atoms with E-state index in [0.717, 1.165) is 40.9 Å². The molecule has 0 fully saturated rings. The van der Waals surface area contributed by atoms with Gasteiger partial charge >= 0.3 is 11.9 Å². The molecule has 9 heteroatoms. The van der Waals surface area contributed by atoms with E-state index in [1.165, 1.54) is 96.3 Å². The Bertz CT molecular complexity index is 609. The van der Waals surface area contributed by atoms with Crippen molar-refractivity contribution in [3.63, 3.8) is 0 Å². The highest BCUT2D eigenvalue weighted by Gasteiger charge is 2.41. The van der Waals surface area contributed by atoms with Gasteiger partial charge in [-0.1, -0.05) is 144 Å². The molecule has 0 heterocycles. The van der Waals surface area contributed by atoms with Gasteiger partial charge in [-0.2, -0.15) is 0 Å². The Kier molecular flexibility index (Phi) is 23.8. The van der Waals surface area contributed by atoms with Crippen molar-refractivity contribution in [2.75, 3.05) is 11.5 Å². The van der Waals surface area contributed by atoms with Crippen molar-refractivity contribution in [3.8, 4) is 0 Å². The Morgan fingerprint density at radius 3 is 1.41 bits per heavy atom. The van der Waals surface area contributed by atoms with Gasteiger partial charge in [-0.3, -0.25) is 9.59 Å². The van der Waals surface area contributed by atoms with E-state index in [9.17, 15) is 19.5 Å². The number of unbranched alkanes of at least 4 members (excludes halogenated alkanes) is 18. The summed E-state index contributed by atoms with van der Waals surface area (Å²) in [5.74, 6) is -2.93. The summed E-state index contributed by atoms with van der Waals surface area (Å²) in [5.41, 5.74) is 9.39. The maximum atomic E-state index is 12.5. The lowest BCUT2D eigenvalue weighted by Crippen LogP contribution is -2.57. The van der Waals surface area contributed by atoms with Crippen LogP contribution in [0.2, 0.25) is 0 Å². The number of hydrogen-bond acceptors (Lipinski definition) is 7. The third kappa shape index (κ3) is 19.9. The third-order valence-electron chi connectivity index (χ3n) is 6.82. The van der Waals surface area contributed by atoms with E-state index in [-0.39, 0.29) is 17.9 Å². The molecule has 0 aliphatic carbocycles. The largest absolute Gasteiger partial charge is 0.480 e. The molecule has 0 radical (unpaired) electrons. The van der Waals surface area contributed by atoms with E-state index in [0.29, 0.717) is 6.42 Å². The van der Waals surface area contributed by atoms with Crippen LogP contribution in [0.4, 0.5) is 0 Å². The predicted octanol–water partition coefficient (Wildman–Crippen LogP) is 6.95. The van der Waals surface area contributed by atoms with Crippen LogP contribution >= 0.6 is 21.6 Å². The molecule has 0 aromatic heterocycles. The lowest BCUT2D eigenvalue weighted by atomic mass is 9.93. The molecular weight excluding hydrogens is 508 g/mol. The second-order valence-corrected chi connectivity index (χ2v) is 12.8. The van der Waals surface area contributed by atoms with Gasteiger partial charge in [0.1, 0.15) is 6.04 Å². The fourth-order valence-electron chi connectivity index (χ4n) is 4.18. The summed E-state index contributed by atoms with van der Waals surface area (Å²) in [6.45, 7) is 2.27. The molecule has 0 aromatic rings. The van der Waals surface area contributed by atoms with Crippen LogP contribution in [0.15, 0.2) is 0 Å². The van der Waals surface area contributed by atoms with Crippen molar-refractivity contribution >= 4 is 39.3 Å². The first-order chi connectivity index (χ1) is 17.8. The first-order valence-corrected chi connectivity index (χ1v) is 17.0. The van der Waals surface area contributed by atoms with Gasteiger partial charge in [0.15, 0.2) is 11.3 Å². The molecular formula is C28H54N2O5S2. The van der Waals surface area contributed by atoms with Crippen LogP contribution in [0.1, 0.15) is 135 Å². The van der Waals surface area contributed by atoms with Crippen LogP contribution in [-0.4, -0.2) is 51.0 Å². The van der Waals surface area contributed by atoms with Crippen molar-refractivity contribution in [2.45, 2.75) is 147 Å². The third-order valence-corrected chi connectivity index (χ3v) is 9.32. The maximum absolute atomic E-state index is 12.5. The van der Waals surface area contributed by atoms with Gasteiger partial charge < -0.3 is 21.7 Å². The van der Waals surface area contributed by atoms with Gasteiger partial charge in [0.25, 0.3) is 0 Å². The molecule has 37 heavy (non-hydrogen) atoms. The number of rotatable bonds is 28. The monoisotopic (exact) mass is 562 g/mol. The average Bonchev–Trinajstić information content (AvgIpc) is 2.87. The zero-order chi connectivity index (χ0) is 27.8.